The first-order chi connectivity index (χ1) is 7.72. The van der Waals surface area contributed by atoms with Gasteiger partial charge in [0.25, 0.3) is 0 Å². The van der Waals surface area contributed by atoms with E-state index < -0.39 is 0 Å². The van der Waals surface area contributed by atoms with Crippen LogP contribution in [0.1, 0.15) is 26.6 Å². The maximum absolute atomic E-state index is 12.1. The van der Waals surface area contributed by atoms with Gasteiger partial charge in [-0.3, -0.25) is 4.79 Å². The lowest BCUT2D eigenvalue weighted by Gasteiger charge is -2.01. The summed E-state index contributed by atoms with van der Waals surface area (Å²) in [6.07, 6.45) is 0. The molecule has 1 aromatic heterocycles. The molecule has 2 rings (SSSR count). The fraction of sp³-hybridized carbons (Fsp3) is 0.167. The Labute approximate surface area is 97.9 Å². The van der Waals surface area contributed by atoms with Crippen LogP contribution in [0, 0.1) is 6.92 Å². The zero-order chi connectivity index (χ0) is 11.5. The van der Waals surface area contributed by atoms with Gasteiger partial charge in [0.1, 0.15) is 10.7 Å². The Balaban J connectivity index is 2.35. The van der Waals surface area contributed by atoms with Crippen LogP contribution < -0.4 is 5.73 Å². The molecular weight excluding hydrogens is 220 g/mol. The molecule has 4 heteroatoms. The third-order valence-corrected chi connectivity index (χ3v) is 3.22. The van der Waals surface area contributed by atoms with Gasteiger partial charge in [-0.25, -0.2) is 4.98 Å². The predicted molar refractivity (Wildman–Crippen MR) is 64.6 cm³/mol. The number of hydrogen-bond acceptors (Lipinski definition) is 4. The summed E-state index contributed by atoms with van der Waals surface area (Å²) < 4.78 is 0. The minimum absolute atomic E-state index is 0.0333. The van der Waals surface area contributed by atoms with Crippen LogP contribution in [0.15, 0.2) is 29.6 Å². The second-order valence-electron chi connectivity index (χ2n) is 3.47. The topological polar surface area (TPSA) is 56.0 Å². The van der Waals surface area contributed by atoms with E-state index in [1.807, 2.05) is 31.2 Å². The number of carbonyl (C=O) groups excluding carboxylic acids is 1. The van der Waals surface area contributed by atoms with Gasteiger partial charge in [0.15, 0.2) is 0 Å². The molecule has 0 atom stereocenters. The van der Waals surface area contributed by atoms with E-state index in [2.05, 4.69) is 4.98 Å². The van der Waals surface area contributed by atoms with E-state index in [0.717, 1.165) is 10.6 Å². The van der Waals surface area contributed by atoms with Crippen molar-refractivity contribution in [2.24, 2.45) is 5.73 Å². The minimum atomic E-state index is -0.0333. The molecule has 2 N–H and O–H groups in total. The maximum Gasteiger partial charge on any atom is 0.212 e. The Morgan fingerprint density at radius 2 is 2.19 bits per heavy atom. The molecule has 1 heterocycles. The molecule has 16 heavy (non-hydrogen) atoms. The van der Waals surface area contributed by atoms with Crippen LogP contribution >= 0.6 is 11.3 Å². The van der Waals surface area contributed by atoms with E-state index in [1.54, 1.807) is 5.38 Å². The van der Waals surface area contributed by atoms with Crippen LogP contribution in [-0.2, 0) is 6.54 Å². The molecule has 0 amide bonds. The summed E-state index contributed by atoms with van der Waals surface area (Å²) in [6.45, 7) is 2.30. The number of benzene rings is 1. The fourth-order valence-corrected chi connectivity index (χ4v) is 2.13. The summed E-state index contributed by atoms with van der Waals surface area (Å²) in [4.78, 5) is 16.3. The van der Waals surface area contributed by atoms with Crippen LogP contribution in [0.25, 0.3) is 0 Å². The lowest BCUT2D eigenvalue weighted by atomic mass is 10.0. The Bertz CT molecular complexity index is 519. The smallest absolute Gasteiger partial charge is 0.212 e. The number of rotatable bonds is 3. The summed E-state index contributed by atoms with van der Waals surface area (Å²) in [7, 11) is 0. The first-order valence-corrected chi connectivity index (χ1v) is 5.85. The van der Waals surface area contributed by atoms with Crippen LogP contribution in [0.2, 0.25) is 0 Å². The number of nitrogens with two attached hydrogens (primary N) is 1. The highest BCUT2D eigenvalue weighted by Gasteiger charge is 2.14. The number of aryl methyl sites for hydroxylation is 1. The first-order valence-electron chi connectivity index (χ1n) is 4.97. The minimum Gasteiger partial charge on any atom is -0.325 e. The summed E-state index contributed by atoms with van der Waals surface area (Å²) >= 11 is 1.42. The van der Waals surface area contributed by atoms with Crippen LogP contribution in [0.5, 0.6) is 0 Å². The van der Waals surface area contributed by atoms with Gasteiger partial charge in [-0.15, -0.1) is 11.3 Å². The number of hydrogen-bond donors (Lipinski definition) is 1. The number of aromatic nitrogens is 1. The summed E-state index contributed by atoms with van der Waals surface area (Å²) in [5, 5.41) is 2.55. The van der Waals surface area contributed by atoms with E-state index in [1.165, 1.54) is 11.3 Å². The first kappa shape index (κ1) is 11.0. The largest absolute Gasteiger partial charge is 0.325 e. The number of nitrogens with zero attached hydrogens (tertiary/aromatic N) is 1. The normalized spacial score (nSPS) is 10.4. The standard InChI is InChI=1S/C12H12N2OS/c1-8-4-2-3-5-9(8)12(15)10-7-16-11(6-13)14-10/h2-5,7H,6,13H2,1H3. The highest BCUT2D eigenvalue weighted by molar-refractivity contribution is 7.09. The van der Waals surface area contributed by atoms with Crippen molar-refractivity contribution >= 4 is 17.1 Å². The van der Waals surface area contributed by atoms with Crippen molar-refractivity contribution in [2.45, 2.75) is 13.5 Å². The number of ketones is 1. The highest BCUT2D eigenvalue weighted by Crippen LogP contribution is 2.16. The Hall–Kier alpha value is -1.52. The molecule has 0 saturated carbocycles. The molecule has 0 unspecified atom stereocenters. The van der Waals surface area contributed by atoms with E-state index >= 15 is 0 Å². The molecule has 0 aliphatic heterocycles. The molecule has 0 fully saturated rings. The molecule has 0 bridgehead atoms. The van der Waals surface area contributed by atoms with E-state index in [4.69, 9.17) is 5.73 Å². The van der Waals surface area contributed by atoms with Crippen molar-refractivity contribution in [3.8, 4) is 0 Å². The predicted octanol–water partition coefficient (Wildman–Crippen LogP) is 2.14. The Morgan fingerprint density at radius 1 is 1.44 bits per heavy atom. The molecule has 0 radical (unpaired) electrons. The zero-order valence-electron chi connectivity index (χ0n) is 8.93. The van der Waals surface area contributed by atoms with E-state index in [-0.39, 0.29) is 5.78 Å². The molecular formula is C12H12N2OS. The molecule has 0 saturated heterocycles. The quantitative estimate of drug-likeness (QED) is 0.825. The average Bonchev–Trinajstić information content (AvgIpc) is 2.77. The summed E-state index contributed by atoms with van der Waals surface area (Å²) in [6, 6.07) is 7.51. The van der Waals surface area contributed by atoms with Gasteiger partial charge in [0.05, 0.1) is 0 Å². The monoisotopic (exact) mass is 232 g/mol. The molecule has 0 aliphatic carbocycles. The fourth-order valence-electron chi connectivity index (χ4n) is 1.47. The van der Waals surface area contributed by atoms with E-state index in [9.17, 15) is 4.79 Å². The van der Waals surface area contributed by atoms with Crippen molar-refractivity contribution in [3.63, 3.8) is 0 Å². The SMILES string of the molecule is Cc1ccccc1C(=O)c1csc(CN)n1. The van der Waals surface area contributed by atoms with Gasteiger partial charge >= 0.3 is 0 Å². The van der Waals surface area contributed by atoms with Crippen LogP contribution in [-0.4, -0.2) is 10.8 Å². The van der Waals surface area contributed by atoms with Crippen molar-refractivity contribution in [1.29, 1.82) is 0 Å². The van der Waals surface area contributed by atoms with Crippen LogP contribution in [0.4, 0.5) is 0 Å². The van der Waals surface area contributed by atoms with Crippen molar-refractivity contribution in [1.82, 2.24) is 4.98 Å². The maximum atomic E-state index is 12.1. The third kappa shape index (κ3) is 2.03. The summed E-state index contributed by atoms with van der Waals surface area (Å²) in [5.41, 5.74) is 7.63. The van der Waals surface area contributed by atoms with Crippen molar-refractivity contribution in [2.75, 3.05) is 0 Å². The molecule has 2 aromatic rings. The summed E-state index contributed by atoms with van der Waals surface area (Å²) in [5.74, 6) is -0.0333. The average molecular weight is 232 g/mol. The molecule has 82 valence electrons. The van der Waals surface area contributed by atoms with Gasteiger partial charge in [0.2, 0.25) is 5.78 Å². The molecule has 3 nitrogen and oxygen atoms in total. The molecule has 0 aliphatic rings. The lowest BCUT2D eigenvalue weighted by Crippen LogP contribution is -2.05. The van der Waals surface area contributed by atoms with Gasteiger partial charge in [0, 0.05) is 17.5 Å². The Morgan fingerprint density at radius 3 is 2.81 bits per heavy atom. The van der Waals surface area contributed by atoms with Gasteiger partial charge in [-0.2, -0.15) is 0 Å². The second kappa shape index (κ2) is 4.55. The lowest BCUT2D eigenvalue weighted by molar-refractivity contribution is 0.103. The second-order valence-corrected chi connectivity index (χ2v) is 4.42. The van der Waals surface area contributed by atoms with Gasteiger partial charge in [-0.05, 0) is 12.5 Å². The van der Waals surface area contributed by atoms with Gasteiger partial charge in [-0.1, -0.05) is 24.3 Å². The number of carbonyl (C=O) groups is 1. The van der Waals surface area contributed by atoms with Crippen molar-refractivity contribution in [3.05, 3.63) is 51.5 Å². The molecule has 0 spiro atoms. The third-order valence-electron chi connectivity index (χ3n) is 2.35. The number of thiazole rings is 1. The highest BCUT2D eigenvalue weighted by atomic mass is 32.1. The van der Waals surface area contributed by atoms with Crippen LogP contribution in [0.3, 0.4) is 0 Å². The Kier molecular flexibility index (Phi) is 3.12. The molecule has 1 aromatic carbocycles. The van der Waals surface area contributed by atoms with E-state index in [0.29, 0.717) is 17.8 Å². The zero-order valence-corrected chi connectivity index (χ0v) is 9.75. The van der Waals surface area contributed by atoms with Gasteiger partial charge < -0.3 is 5.73 Å². The van der Waals surface area contributed by atoms with Crippen molar-refractivity contribution < 1.29 is 4.79 Å².